The Balaban J connectivity index is 1.57. The van der Waals surface area contributed by atoms with Crippen molar-refractivity contribution in [1.82, 2.24) is 20.3 Å². The zero-order valence-electron chi connectivity index (χ0n) is 13.8. The lowest BCUT2D eigenvalue weighted by atomic mass is 10.2. The molecule has 3 aromatic rings. The number of amides is 1. The molecule has 0 spiro atoms. The predicted octanol–water partition coefficient (Wildman–Crippen LogP) is 3.56. The lowest BCUT2D eigenvalue weighted by Gasteiger charge is -2.06. The van der Waals surface area contributed by atoms with Gasteiger partial charge in [0.05, 0.1) is 26.8 Å². The molecule has 24 heavy (non-hydrogen) atoms. The van der Waals surface area contributed by atoms with Crippen LogP contribution in [0.3, 0.4) is 0 Å². The van der Waals surface area contributed by atoms with Crippen LogP contribution in [0.15, 0.2) is 23.7 Å². The highest BCUT2D eigenvalue weighted by atomic mass is 32.1. The molecule has 0 aliphatic heterocycles. The van der Waals surface area contributed by atoms with E-state index >= 15 is 0 Å². The van der Waals surface area contributed by atoms with Crippen molar-refractivity contribution in [3.63, 3.8) is 0 Å². The second-order valence-electron chi connectivity index (χ2n) is 5.44. The van der Waals surface area contributed by atoms with Gasteiger partial charge in [0.25, 0.3) is 5.91 Å². The molecule has 0 bridgehead atoms. The third-order valence-electron chi connectivity index (χ3n) is 3.53. The summed E-state index contributed by atoms with van der Waals surface area (Å²) in [7, 11) is 0. The Morgan fingerprint density at radius 3 is 2.75 bits per heavy atom. The SMILES string of the molecule is Cc1ncc(C(=O)NCCc2ccc(-c3csc(C)n3)s2)c(C)n1. The van der Waals surface area contributed by atoms with Crippen LogP contribution in [-0.4, -0.2) is 27.4 Å². The summed E-state index contributed by atoms with van der Waals surface area (Å²) in [6.45, 7) is 6.23. The van der Waals surface area contributed by atoms with Crippen LogP contribution in [-0.2, 0) is 6.42 Å². The minimum atomic E-state index is -0.126. The molecule has 0 fully saturated rings. The highest BCUT2D eigenvalue weighted by Crippen LogP contribution is 2.29. The maximum Gasteiger partial charge on any atom is 0.254 e. The molecule has 0 atom stereocenters. The van der Waals surface area contributed by atoms with E-state index in [-0.39, 0.29) is 5.91 Å². The fourth-order valence-corrected chi connectivity index (χ4v) is 3.98. The number of rotatable bonds is 5. The first kappa shape index (κ1) is 16.7. The van der Waals surface area contributed by atoms with Gasteiger partial charge in [-0.15, -0.1) is 22.7 Å². The van der Waals surface area contributed by atoms with Crippen LogP contribution in [0, 0.1) is 20.8 Å². The van der Waals surface area contributed by atoms with Crippen molar-refractivity contribution < 1.29 is 4.79 Å². The Morgan fingerprint density at radius 1 is 1.21 bits per heavy atom. The summed E-state index contributed by atoms with van der Waals surface area (Å²) in [5.74, 6) is 0.548. The van der Waals surface area contributed by atoms with E-state index in [0.29, 0.717) is 23.6 Å². The third kappa shape index (κ3) is 3.85. The molecule has 7 heteroatoms. The zero-order valence-corrected chi connectivity index (χ0v) is 15.4. The van der Waals surface area contributed by atoms with Gasteiger partial charge in [0, 0.05) is 23.0 Å². The number of nitrogens with zero attached hydrogens (tertiary/aromatic N) is 3. The van der Waals surface area contributed by atoms with E-state index in [9.17, 15) is 4.79 Å². The summed E-state index contributed by atoms with van der Waals surface area (Å²) in [4.78, 5) is 27.4. The number of aryl methyl sites for hydroxylation is 3. The molecule has 0 aliphatic rings. The lowest BCUT2D eigenvalue weighted by molar-refractivity contribution is 0.0952. The minimum absolute atomic E-state index is 0.126. The Labute approximate surface area is 148 Å². The van der Waals surface area contributed by atoms with Gasteiger partial charge in [-0.25, -0.2) is 15.0 Å². The standard InChI is InChI=1S/C17H18N4OS2/c1-10-14(8-19-11(2)20-10)17(22)18-7-6-13-4-5-16(24-13)15-9-23-12(3)21-15/h4-5,8-9H,6-7H2,1-3H3,(H,18,22). The molecular formula is C17H18N4OS2. The molecule has 0 aliphatic carbocycles. The summed E-state index contributed by atoms with van der Waals surface area (Å²) < 4.78 is 0. The normalized spacial score (nSPS) is 10.8. The van der Waals surface area contributed by atoms with Crippen LogP contribution < -0.4 is 5.32 Å². The van der Waals surface area contributed by atoms with Crippen LogP contribution in [0.1, 0.15) is 31.8 Å². The molecule has 1 N–H and O–H groups in total. The van der Waals surface area contributed by atoms with Gasteiger partial charge in [0.2, 0.25) is 0 Å². The summed E-state index contributed by atoms with van der Waals surface area (Å²) in [5, 5.41) is 6.08. The largest absolute Gasteiger partial charge is 0.352 e. The van der Waals surface area contributed by atoms with Gasteiger partial charge in [-0.3, -0.25) is 4.79 Å². The maximum atomic E-state index is 12.2. The van der Waals surface area contributed by atoms with Crippen LogP contribution in [0.4, 0.5) is 0 Å². The van der Waals surface area contributed by atoms with Crippen molar-refractivity contribution in [3.05, 3.63) is 50.7 Å². The van der Waals surface area contributed by atoms with Gasteiger partial charge in [0.1, 0.15) is 5.82 Å². The predicted molar refractivity (Wildman–Crippen MR) is 97.7 cm³/mol. The Morgan fingerprint density at radius 2 is 2.04 bits per heavy atom. The molecule has 5 nitrogen and oxygen atoms in total. The average molecular weight is 358 g/mol. The number of hydrogen-bond donors (Lipinski definition) is 1. The molecule has 124 valence electrons. The molecule has 3 rings (SSSR count). The van der Waals surface area contributed by atoms with Crippen LogP contribution in [0.25, 0.3) is 10.6 Å². The Kier molecular flexibility index (Phi) is 5.01. The number of thiophene rings is 1. The quantitative estimate of drug-likeness (QED) is 0.757. The first-order valence-electron chi connectivity index (χ1n) is 7.62. The summed E-state index contributed by atoms with van der Waals surface area (Å²) in [5.41, 5.74) is 2.27. The summed E-state index contributed by atoms with van der Waals surface area (Å²) in [6.07, 6.45) is 2.38. The monoisotopic (exact) mass is 358 g/mol. The summed E-state index contributed by atoms with van der Waals surface area (Å²) >= 11 is 3.38. The van der Waals surface area contributed by atoms with Gasteiger partial charge in [-0.1, -0.05) is 0 Å². The van der Waals surface area contributed by atoms with E-state index in [1.54, 1.807) is 28.9 Å². The van der Waals surface area contributed by atoms with Crippen molar-refractivity contribution in [2.24, 2.45) is 0 Å². The van der Waals surface area contributed by atoms with Crippen LogP contribution in [0.5, 0.6) is 0 Å². The van der Waals surface area contributed by atoms with Crippen molar-refractivity contribution in [2.75, 3.05) is 6.54 Å². The maximum absolute atomic E-state index is 12.2. The van der Waals surface area contributed by atoms with E-state index in [1.807, 2.05) is 20.8 Å². The van der Waals surface area contributed by atoms with E-state index in [1.165, 1.54) is 9.75 Å². The molecule has 1 amide bonds. The first-order valence-corrected chi connectivity index (χ1v) is 9.32. The van der Waals surface area contributed by atoms with Gasteiger partial charge < -0.3 is 5.32 Å². The number of aromatic nitrogens is 3. The number of hydrogen-bond acceptors (Lipinski definition) is 6. The zero-order chi connectivity index (χ0) is 17.1. The molecule has 0 unspecified atom stereocenters. The highest BCUT2D eigenvalue weighted by molar-refractivity contribution is 7.16. The third-order valence-corrected chi connectivity index (χ3v) is 5.48. The fraction of sp³-hybridized carbons (Fsp3) is 0.294. The van der Waals surface area contributed by atoms with E-state index in [0.717, 1.165) is 17.1 Å². The molecule has 3 heterocycles. The van der Waals surface area contributed by atoms with Crippen LogP contribution in [0.2, 0.25) is 0 Å². The van der Waals surface area contributed by atoms with Gasteiger partial charge in [-0.05, 0) is 39.3 Å². The lowest BCUT2D eigenvalue weighted by Crippen LogP contribution is -2.26. The first-order chi connectivity index (χ1) is 11.5. The van der Waals surface area contributed by atoms with E-state index in [2.05, 4.69) is 37.8 Å². The number of nitrogens with one attached hydrogen (secondary N) is 1. The summed E-state index contributed by atoms with van der Waals surface area (Å²) in [6, 6.07) is 4.19. The molecule has 0 saturated carbocycles. The van der Waals surface area contributed by atoms with E-state index < -0.39 is 0 Å². The molecular weight excluding hydrogens is 340 g/mol. The van der Waals surface area contributed by atoms with E-state index in [4.69, 9.17) is 0 Å². The topological polar surface area (TPSA) is 67.8 Å². The van der Waals surface area contributed by atoms with Crippen molar-refractivity contribution in [1.29, 1.82) is 0 Å². The van der Waals surface area contributed by atoms with Crippen molar-refractivity contribution in [2.45, 2.75) is 27.2 Å². The number of carbonyl (C=O) groups excluding carboxylic acids is 1. The minimum Gasteiger partial charge on any atom is -0.352 e. The Hall–Kier alpha value is -2.12. The van der Waals surface area contributed by atoms with Crippen molar-refractivity contribution >= 4 is 28.6 Å². The molecule has 0 aromatic carbocycles. The smallest absolute Gasteiger partial charge is 0.254 e. The average Bonchev–Trinajstić information content (AvgIpc) is 3.16. The second-order valence-corrected chi connectivity index (χ2v) is 7.67. The molecule has 0 saturated heterocycles. The van der Waals surface area contributed by atoms with Gasteiger partial charge >= 0.3 is 0 Å². The molecule has 3 aromatic heterocycles. The second kappa shape index (κ2) is 7.19. The molecule has 0 radical (unpaired) electrons. The van der Waals surface area contributed by atoms with Crippen molar-refractivity contribution in [3.8, 4) is 10.6 Å². The van der Waals surface area contributed by atoms with Gasteiger partial charge in [0.15, 0.2) is 0 Å². The fourth-order valence-electron chi connectivity index (χ4n) is 2.33. The van der Waals surface area contributed by atoms with Crippen LogP contribution >= 0.6 is 22.7 Å². The highest BCUT2D eigenvalue weighted by Gasteiger charge is 2.11. The number of thiazole rings is 1. The number of carbonyl (C=O) groups is 1. The Bertz CT molecular complexity index is 869. The van der Waals surface area contributed by atoms with Gasteiger partial charge in [-0.2, -0.15) is 0 Å².